The Morgan fingerprint density at radius 2 is 1.68 bits per heavy atom. The third kappa shape index (κ3) is 3.53. The van der Waals surface area contributed by atoms with E-state index in [1.54, 1.807) is 36.5 Å². The Balaban J connectivity index is 1.96. The molecule has 19 heavy (non-hydrogen) atoms. The summed E-state index contributed by atoms with van der Waals surface area (Å²) >= 11 is 5.77. The molecule has 1 aromatic heterocycles. The molecule has 0 saturated heterocycles. The number of carbonyl (C=O) groups excluding carboxylic acids is 2. The maximum Gasteiger partial charge on any atom is 0.271 e. The molecule has 0 bridgehead atoms. The zero-order valence-electron chi connectivity index (χ0n) is 9.76. The molecule has 2 rings (SSSR count). The van der Waals surface area contributed by atoms with E-state index in [2.05, 4.69) is 15.8 Å². The maximum absolute atomic E-state index is 11.7. The molecule has 2 aromatic rings. The van der Waals surface area contributed by atoms with Crippen LogP contribution in [0.2, 0.25) is 5.02 Å². The smallest absolute Gasteiger partial charge is 0.267 e. The minimum atomic E-state index is -0.445. The molecule has 1 aromatic carbocycles. The van der Waals surface area contributed by atoms with Crippen molar-refractivity contribution in [1.29, 1.82) is 0 Å². The summed E-state index contributed by atoms with van der Waals surface area (Å²) in [7, 11) is 0. The van der Waals surface area contributed by atoms with Gasteiger partial charge in [-0.2, -0.15) is 0 Å². The van der Waals surface area contributed by atoms with Crippen LogP contribution in [0.15, 0.2) is 48.8 Å². The lowest BCUT2D eigenvalue weighted by Gasteiger charge is -2.07. The standard InChI is InChI=1S/C13H10ClN3O2/c14-11-5-1-3-9(7-11)12(18)16-17-13(19)10-4-2-6-15-8-10/h1-8H,(H,16,18)(H,17,19). The van der Waals surface area contributed by atoms with Gasteiger partial charge in [0.1, 0.15) is 0 Å². The van der Waals surface area contributed by atoms with E-state index in [1.807, 2.05) is 0 Å². The fourth-order valence-corrected chi connectivity index (χ4v) is 1.57. The van der Waals surface area contributed by atoms with Crippen molar-refractivity contribution in [3.05, 3.63) is 64.9 Å². The summed E-state index contributed by atoms with van der Waals surface area (Å²) < 4.78 is 0. The summed E-state index contributed by atoms with van der Waals surface area (Å²) in [6.45, 7) is 0. The van der Waals surface area contributed by atoms with Gasteiger partial charge in [0.25, 0.3) is 11.8 Å². The normalized spacial score (nSPS) is 9.74. The van der Waals surface area contributed by atoms with Crippen LogP contribution in [0, 0.1) is 0 Å². The molecule has 0 atom stereocenters. The molecule has 5 nitrogen and oxygen atoms in total. The lowest BCUT2D eigenvalue weighted by Crippen LogP contribution is -2.41. The zero-order chi connectivity index (χ0) is 13.7. The second kappa shape index (κ2) is 5.97. The minimum absolute atomic E-state index is 0.355. The Hall–Kier alpha value is -2.40. The molecule has 96 valence electrons. The zero-order valence-corrected chi connectivity index (χ0v) is 10.5. The van der Waals surface area contributed by atoms with Crippen molar-refractivity contribution in [2.45, 2.75) is 0 Å². The van der Waals surface area contributed by atoms with Gasteiger partial charge >= 0.3 is 0 Å². The van der Waals surface area contributed by atoms with Gasteiger partial charge in [0.05, 0.1) is 5.56 Å². The SMILES string of the molecule is O=C(NNC(=O)c1cccc(Cl)c1)c1cccnc1. The number of hydrogen-bond donors (Lipinski definition) is 2. The Kier molecular flexibility index (Phi) is 4.10. The molecule has 0 radical (unpaired) electrons. The number of amides is 2. The van der Waals surface area contributed by atoms with Crippen molar-refractivity contribution in [2.24, 2.45) is 0 Å². The van der Waals surface area contributed by atoms with Crippen molar-refractivity contribution >= 4 is 23.4 Å². The van der Waals surface area contributed by atoms with E-state index < -0.39 is 11.8 Å². The molecule has 0 saturated carbocycles. The molecule has 0 unspecified atom stereocenters. The maximum atomic E-state index is 11.7. The predicted molar refractivity (Wildman–Crippen MR) is 70.6 cm³/mol. The van der Waals surface area contributed by atoms with Crippen LogP contribution in [0.4, 0.5) is 0 Å². The predicted octanol–water partition coefficient (Wildman–Crippen LogP) is 1.81. The summed E-state index contributed by atoms with van der Waals surface area (Å²) in [5.41, 5.74) is 5.31. The number of rotatable bonds is 2. The van der Waals surface area contributed by atoms with Crippen LogP contribution in [0.1, 0.15) is 20.7 Å². The number of hydrogen-bond acceptors (Lipinski definition) is 3. The number of benzene rings is 1. The molecule has 1 heterocycles. The first-order valence-electron chi connectivity index (χ1n) is 5.43. The number of carbonyl (C=O) groups is 2. The van der Waals surface area contributed by atoms with Gasteiger partial charge in [-0.3, -0.25) is 25.4 Å². The molecule has 0 aliphatic rings. The van der Waals surface area contributed by atoms with Crippen molar-refractivity contribution in [3.8, 4) is 0 Å². The van der Waals surface area contributed by atoms with Gasteiger partial charge in [0.15, 0.2) is 0 Å². The van der Waals surface area contributed by atoms with E-state index in [4.69, 9.17) is 11.6 Å². The van der Waals surface area contributed by atoms with Crippen molar-refractivity contribution in [3.63, 3.8) is 0 Å². The first-order chi connectivity index (χ1) is 9.16. The lowest BCUT2D eigenvalue weighted by atomic mass is 10.2. The van der Waals surface area contributed by atoms with Crippen LogP contribution in [0.25, 0.3) is 0 Å². The van der Waals surface area contributed by atoms with E-state index in [0.29, 0.717) is 16.1 Å². The number of hydrazine groups is 1. The van der Waals surface area contributed by atoms with Gasteiger partial charge in [-0.15, -0.1) is 0 Å². The van der Waals surface area contributed by atoms with Crippen molar-refractivity contribution < 1.29 is 9.59 Å². The molecule has 0 fully saturated rings. The quantitative estimate of drug-likeness (QED) is 0.821. The summed E-state index contributed by atoms with van der Waals surface area (Å²) in [6.07, 6.45) is 2.96. The monoisotopic (exact) mass is 275 g/mol. The average Bonchev–Trinajstić information content (AvgIpc) is 2.45. The number of pyridine rings is 1. The van der Waals surface area contributed by atoms with Gasteiger partial charge in [-0.05, 0) is 30.3 Å². The van der Waals surface area contributed by atoms with E-state index >= 15 is 0 Å². The number of aromatic nitrogens is 1. The van der Waals surface area contributed by atoms with Gasteiger partial charge in [0, 0.05) is 23.0 Å². The first kappa shape index (κ1) is 13.0. The van der Waals surface area contributed by atoms with Gasteiger partial charge in [0.2, 0.25) is 0 Å². The lowest BCUT2D eigenvalue weighted by molar-refractivity contribution is 0.0846. The van der Waals surface area contributed by atoms with E-state index in [1.165, 1.54) is 12.3 Å². The average molecular weight is 276 g/mol. The molecular formula is C13H10ClN3O2. The first-order valence-corrected chi connectivity index (χ1v) is 5.81. The van der Waals surface area contributed by atoms with E-state index in [-0.39, 0.29) is 0 Å². The fraction of sp³-hybridized carbons (Fsp3) is 0. The number of halogens is 1. The van der Waals surface area contributed by atoms with Gasteiger partial charge in [-0.1, -0.05) is 17.7 Å². The highest BCUT2D eigenvalue weighted by atomic mass is 35.5. The largest absolute Gasteiger partial charge is 0.271 e. The Morgan fingerprint density at radius 3 is 2.32 bits per heavy atom. The Bertz CT molecular complexity index is 602. The van der Waals surface area contributed by atoms with Crippen LogP contribution in [0.5, 0.6) is 0 Å². The van der Waals surface area contributed by atoms with Crippen LogP contribution >= 0.6 is 11.6 Å². The molecule has 2 N–H and O–H groups in total. The third-order valence-corrected chi connectivity index (χ3v) is 2.54. The Morgan fingerprint density at radius 1 is 1.00 bits per heavy atom. The number of nitrogens with zero attached hydrogens (tertiary/aromatic N) is 1. The topological polar surface area (TPSA) is 71.1 Å². The fourth-order valence-electron chi connectivity index (χ4n) is 1.38. The summed E-state index contributed by atoms with van der Waals surface area (Å²) in [5, 5.41) is 0.450. The van der Waals surface area contributed by atoms with E-state index in [0.717, 1.165) is 0 Å². The van der Waals surface area contributed by atoms with Crippen LogP contribution < -0.4 is 10.9 Å². The second-order valence-electron chi connectivity index (χ2n) is 3.66. The molecule has 0 aliphatic carbocycles. The van der Waals surface area contributed by atoms with Crippen LogP contribution in [-0.2, 0) is 0 Å². The second-order valence-corrected chi connectivity index (χ2v) is 4.10. The van der Waals surface area contributed by atoms with Crippen molar-refractivity contribution in [1.82, 2.24) is 15.8 Å². The molecule has 2 amide bonds. The third-order valence-electron chi connectivity index (χ3n) is 2.30. The highest BCUT2D eigenvalue weighted by Gasteiger charge is 2.09. The highest BCUT2D eigenvalue weighted by molar-refractivity contribution is 6.30. The van der Waals surface area contributed by atoms with Crippen molar-refractivity contribution in [2.75, 3.05) is 0 Å². The molecule has 0 aliphatic heterocycles. The summed E-state index contributed by atoms with van der Waals surface area (Å²) in [6, 6.07) is 9.64. The minimum Gasteiger partial charge on any atom is -0.267 e. The van der Waals surface area contributed by atoms with Crippen LogP contribution in [-0.4, -0.2) is 16.8 Å². The van der Waals surface area contributed by atoms with E-state index in [9.17, 15) is 9.59 Å². The summed E-state index contributed by atoms with van der Waals surface area (Å²) in [4.78, 5) is 27.2. The Labute approximate surface area is 114 Å². The van der Waals surface area contributed by atoms with Gasteiger partial charge in [-0.25, -0.2) is 0 Å². The molecule has 6 heteroatoms. The summed E-state index contributed by atoms with van der Waals surface area (Å²) in [5.74, 6) is -0.886. The number of nitrogens with one attached hydrogen (secondary N) is 2. The highest BCUT2D eigenvalue weighted by Crippen LogP contribution is 2.10. The van der Waals surface area contributed by atoms with Gasteiger partial charge < -0.3 is 0 Å². The van der Waals surface area contributed by atoms with Crippen LogP contribution in [0.3, 0.4) is 0 Å². The molecular weight excluding hydrogens is 266 g/mol. The molecule has 0 spiro atoms.